The van der Waals surface area contributed by atoms with Crippen molar-refractivity contribution in [3.8, 4) is 0 Å². The molecule has 0 atom stereocenters. The van der Waals surface area contributed by atoms with Gasteiger partial charge in [0.05, 0.1) is 22.8 Å². The number of nitrogens with zero attached hydrogens (tertiary/aromatic N) is 2. The summed E-state index contributed by atoms with van der Waals surface area (Å²) in [5.74, 6) is -1.76. The molecule has 2 aliphatic heterocycles. The number of hydrogen-bond acceptors (Lipinski definition) is 4. The molecule has 0 aliphatic carbocycles. The van der Waals surface area contributed by atoms with Crippen LogP contribution < -0.4 is 0 Å². The van der Waals surface area contributed by atoms with E-state index in [2.05, 4.69) is 23.1 Å². The van der Waals surface area contributed by atoms with Gasteiger partial charge in [-0.25, -0.2) is 9.97 Å². The van der Waals surface area contributed by atoms with Crippen molar-refractivity contribution in [2.24, 2.45) is 0 Å². The van der Waals surface area contributed by atoms with Gasteiger partial charge in [-0.15, -0.1) is 0 Å². The van der Waals surface area contributed by atoms with Crippen molar-refractivity contribution in [3.63, 3.8) is 0 Å². The summed E-state index contributed by atoms with van der Waals surface area (Å²) in [6.07, 6.45) is 4.22. The third kappa shape index (κ3) is 5.94. The molecule has 0 aromatic carbocycles. The van der Waals surface area contributed by atoms with Crippen LogP contribution in [0.25, 0.3) is 50.4 Å². The van der Waals surface area contributed by atoms with Crippen molar-refractivity contribution in [3.05, 3.63) is 88.5 Å². The monoisotopic (exact) mass is 613 g/mol. The average molecular weight is 614 g/mol. The van der Waals surface area contributed by atoms with Crippen LogP contribution in [-0.2, 0) is 34.6 Å². The standard InChI is InChI=1S/C34H34N4O4.V/c1-7-21-17(3)25-13-26-19(5)23(9-11-33(39)40)31(37-26)16-32-24(10-12-34(41)42)20(6)28(38-32)15-30-22(8-2)18(4)27(36-30)14-29(21)35-25;/h7-8,13-16,35,38H,1-2,9-12H2,3-6H3,(H,39,40)(H,41,42);. The number of aliphatic carboxylic acids is 2. The molecule has 2 aliphatic rings. The maximum Gasteiger partial charge on any atom is 0.303 e. The van der Waals surface area contributed by atoms with Crippen molar-refractivity contribution in [1.82, 2.24) is 19.9 Å². The number of carboxylic acids is 2. The second-order valence-electron chi connectivity index (χ2n) is 10.7. The summed E-state index contributed by atoms with van der Waals surface area (Å²) in [6, 6.07) is 7.88. The van der Waals surface area contributed by atoms with Gasteiger partial charge in [0.25, 0.3) is 0 Å². The van der Waals surface area contributed by atoms with Gasteiger partial charge in [0.1, 0.15) is 0 Å². The number of aromatic amines is 2. The van der Waals surface area contributed by atoms with E-state index in [0.29, 0.717) is 18.5 Å². The summed E-state index contributed by atoms with van der Waals surface area (Å²) in [6.45, 7) is 16.0. The third-order valence-corrected chi connectivity index (χ3v) is 8.22. The Hall–Kier alpha value is -4.40. The van der Waals surface area contributed by atoms with Crippen LogP contribution >= 0.6 is 0 Å². The Balaban J connectivity index is 0.00000423. The molecule has 4 N–H and O–H groups in total. The van der Waals surface area contributed by atoms with Crippen LogP contribution in [-0.4, -0.2) is 42.1 Å². The molecule has 3 aromatic heterocycles. The van der Waals surface area contributed by atoms with E-state index in [1.165, 1.54) is 0 Å². The quantitative estimate of drug-likeness (QED) is 0.208. The zero-order valence-electron chi connectivity index (χ0n) is 24.8. The van der Waals surface area contributed by atoms with Crippen molar-refractivity contribution < 1.29 is 38.4 Å². The third-order valence-electron chi connectivity index (χ3n) is 8.22. The Morgan fingerprint density at radius 1 is 0.721 bits per heavy atom. The van der Waals surface area contributed by atoms with Gasteiger partial charge in [-0.3, -0.25) is 9.59 Å². The molecule has 8 nitrogen and oxygen atoms in total. The van der Waals surface area contributed by atoms with Gasteiger partial charge >= 0.3 is 11.9 Å². The normalized spacial score (nSPS) is 12.7. The number of nitrogens with one attached hydrogen (secondary N) is 2. The maximum absolute atomic E-state index is 11.5. The SMILES string of the molecule is C=CC1=C(C)c2cc3[nH]c(cc4nc(cc5[nH]c(cc1n2)c(C)c5CCC(=O)O)C(CCC(=O)O)=C4C)c(C)c3C=C.[V]. The largest absolute Gasteiger partial charge is 0.481 e. The molecule has 43 heavy (non-hydrogen) atoms. The summed E-state index contributed by atoms with van der Waals surface area (Å²) in [5.41, 5.74) is 13.7. The molecule has 5 heterocycles. The molecule has 219 valence electrons. The van der Waals surface area contributed by atoms with E-state index in [0.717, 1.165) is 83.7 Å². The minimum atomic E-state index is -0.883. The number of carboxylic acid groups (broad SMARTS) is 2. The zero-order valence-corrected chi connectivity index (χ0v) is 26.2. The summed E-state index contributed by atoms with van der Waals surface area (Å²) in [5, 5.41) is 18.9. The minimum absolute atomic E-state index is 0. The number of allylic oxidation sites excluding steroid dienone is 5. The average Bonchev–Trinajstić information content (AvgIpc) is 3.59. The fourth-order valence-electron chi connectivity index (χ4n) is 5.77. The number of fused-ring (bicyclic) bond motifs is 8. The van der Waals surface area contributed by atoms with Gasteiger partial charge < -0.3 is 20.2 Å². The molecule has 8 bridgehead atoms. The molecule has 3 aromatic rings. The first-order chi connectivity index (χ1) is 20.0. The predicted molar refractivity (Wildman–Crippen MR) is 169 cm³/mol. The van der Waals surface area contributed by atoms with E-state index < -0.39 is 11.9 Å². The van der Waals surface area contributed by atoms with Crippen LogP contribution in [0.5, 0.6) is 0 Å². The van der Waals surface area contributed by atoms with Crippen molar-refractivity contribution >= 4 is 62.4 Å². The molecule has 0 spiro atoms. The molecule has 0 unspecified atom stereocenters. The number of hydrogen-bond donors (Lipinski definition) is 4. The van der Waals surface area contributed by atoms with Gasteiger partial charge in [0, 0.05) is 64.6 Å². The van der Waals surface area contributed by atoms with Crippen molar-refractivity contribution in [2.75, 3.05) is 0 Å². The van der Waals surface area contributed by atoms with E-state index in [4.69, 9.17) is 9.97 Å². The van der Waals surface area contributed by atoms with Crippen molar-refractivity contribution in [2.45, 2.75) is 53.4 Å². The maximum atomic E-state index is 11.5. The Morgan fingerprint density at radius 2 is 1.26 bits per heavy atom. The van der Waals surface area contributed by atoms with Gasteiger partial charge in [0.15, 0.2) is 0 Å². The molecule has 0 fully saturated rings. The first-order valence-electron chi connectivity index (χ1n) is 13.9. The number of H-pyrrole nitrogens is 2. The summed E-state index contributed by atoms with van der Waals surface area (Å²) in [4.78, 5) is 40.0. The van der Waals surface area contributed by atoms with E-state index in [1.807, 2.05) is 58.0 Å². The Bertz CT molecular complexity index is 1920. The second-order valence-corrected chi connectivity index (χ2v) is 10.7. The number of carbonyl (C=O) groups is 2. The summed E-state index contributed by atoms with van der Waals surface area (Å²) >= 11 is 0. The minimum Gasteiger partial charge on any atom is -0.481 e. The molecule has 0 saturated carbocycles. The van der Waals surface area contributed by atoms with Gasteiger partial charge in [-0.1, -0.05) is 25.3 Å². The zero-order chi connectivity index (χ0) is 30.3. The first-order valence-corrected chi connectivity index (χ1v) is 13.9. The van der Waals surface area contributed by atoms with Gasteiger partial charge in [-0.2, -0.15) is 0 Å². The molecule has 0 saturated heterocycles. The van der Waals surface area contributed by atoms with Crippen LogP contribution in [0.1, 0.15) is 78.1 Å². The number of aryl methyl sites for hydroxylation is 3. The Morgan fingerprint density at radius 3 is 1.91 bits per heavy atom. The van der Waals surface area contributed by atoms with Crippen LogP contribution in [0, 0.1) is 13.8 Å². The Kier molecular flexibility index (Phi) is 9.13. The van der Waals surface area contributed by atoms with E-state index in [1.54, 1.807) is 6.08 Å². The smallest absolute Gasteiger partial charge is 0.303 e. The van der Waals surface area contributed by atoms with Crippen LogP contribution in [0.15, 0.2) is 43.5 Å². The fraction of sp³-hybridized carbons (Fsp3) is 0.235. The van der Waals surface area contributed by atoms with Gasteiger partial charge in [0.2, 0.25) is 0 Å². The van der Waals surface area contributed by atoms with E-state index in [9.17, 15) is 19.8 Å². The molecule has 5 rings (SSSR count). The van der Waals surface area contributed by atoms with Crippen LogP contribution in [0.4, 0.5) is 0 Å². The Labute approximate surface area is 261 Å². The molecule has 0 amide bonds. The topological polar surface area (TPSA) is 132 Å². The second kappa shape index (κ2) is 12.5. The fourth-order valence-corrected chi connectivity index (χ4v) is 5.77. The van der Waals surface area contributed by atoms with E-state index >= 15 is 0 Å². The molecular weight excluding hydrogens is 579 g/mol. The molecule has 1 radical (unpaired) electrons. The van der Waals surface area contributed by atoms with E-state index in [-0.39, 0.29) is 31.4 Å². The van der Waals surface area contributed by atoms with Crippen LogP contribution in [0.2, 0.25) is 0 Å². The number of rotatable bonds is 8. The number of aromatic nitrogens is 4. The first kappa shape index (κ1) is 31.5. The molecular formula is C34H34N4O4V. The summed E-state index contributed by atoms with van der Waals surface area (Å²) in [7, 11) is 0. The molecule has 9 heteroatoms. The van der Waals surface area contributed by atoms with Gasteiger partial charge in [-0.05, 0) is 98.2 Å². The van der Waals surface area contributed by atoms with Crippen LogP contribution in [0.3, 0.4) is 0 Å². The predicted octanol–water partition coefficient (Wildman–Crippen LogP) is 7.50. The van der Waals surface area contributed by atoms with Crippen molar-refractivity contribution in [1.29, 1.82) is 0 Å². The summed E-state index contributed by atoms with van der Waals surface area (Å²) < 4.78 is 0.